The molecule has 0 aliphatic rings. The molecule has 0 unspecified atom stereocenters. The van der Waals surface area contributed by atoms with Crippen LogP contribution in [0.4, 0.5) is 5.69 Å². The van der Waals surface area contributed by atoms with Crippen molar-refractivity contribution < 1.29 is 4.79 Å². The molecule has 3 rings (SSSR count). The predicted octanol–water partition coefficient (Wildman–Crippen LogP) is 3.79. The number of aryl methyl sites for hydroxylation is 1. The standard InChI is InChI=1S/C15H12BrN3O2S2/c1-8-6-9-13(21)18-15(19-14(9)23-8)22-7-12(20)17-11-5-3-2-4-10(11)16/h2-6H,7H2,1H3,(H,17,20)(H,18,19,21). The number of nitrogens with one attached hydrogen (secondary N) is 2. The lowest BCUT2D eigenvalue weighted by atomic mass is 10.3. The second-order valence-corrected chi connectivity index (χ2v) is 7.82. The molecule has 5 nitrogen and oxygen atoms in total. The first-order valence-corrected chi connectivity index (χ1v) is 9.30. The fourth-order valence-electron chi connectivity index (χ4n) is 1.98. The first kappa shape index (κ1) is 16.2. The molecule has 0 aliphatic carbocycles. The quantitative estimate of drug-likeness (QED) is 0.507. The topological polar surface area (TPSA) is 74.8 Å². The van der Waals surface area contributed by atoms with Crippen molar-refractivity contribution in [2.45, 2.75) is 12.1 Å². The lowest BCUT2D eigenvalue weighted by molar-refractivity contribution is -0.113. The van der Waals surface area contributed by atoms with E-state index in [-0.39, 0.29) is 17.2 Å². The second kappa shape index (κ2) is 6.86. The van der Waals surface area contributed by atoms with Crippen LogP contribution in [0.15, 0.2) is 44.8 Å². The van der Waals surface area contributed by atoms with Gasteiger partial charge in [-0.25, -0.2) is 4.98 Å². The number of fused-ring (bicyclic) bond motifs is 1. The zero-order chi connectivity index (χ0) is 16.4. The third-order valence-electron chi connectivity index (χ3n) is 2.99. The minimum absolute atomic E-state index is 0.160. The highest BCUT2D eigenvalue weighted by atomic mass is 79.9. The lowest BCUT2D eigenvalue weighted by Crippen LogP contribution is -2.15. The molecule has 2 heterocycles. The van der Waals surface area contributed by atoms with E-state index in [4.69, 9.17) is 0 Å². The molecule has 0 bridgehead atoms. The monoisotopic (exact) mass is 409 g/mol. The molecule has 2 N–H and O–H groups in total. The maximum absolute atomic E-state index is 12.0. The summed E-state index contributed by atoms with van der Waals surface area (Å²) in [5, 5.41) is 3.86. The maximum Gasteiger partial charge on any atom is 0.260 e. The lowest BCUT2D eigenvalue weighted by Gasteiger charge is -2.06. The number of carbonyl (C=O) groups excluding carboxylic acids is 1. The molecule has 8 heteroatoms. The Morgan fingerprint density at radius 1 is 1.43 bits per heavy atom. The number of benzene rings is 1. The van der Waals surface area contributed by atoms with Crippen LogP contribution in [-0.4, -0.2) is 21.6 Å². The molecule has 3 aromatic rings. The number of nitrogens with zero attached hydrogens (tertiary/aromatic N) is 1. The van der Waals surface area contributed by atoms with Crippen LogP contribution in [0.1, 0.15) is 4.88 Å². The Hall–Kier alpha value is -1.64. The molecule has 0 saturated heterocycles. The molecule has 2 aromatic heterocycles. The summed E-state index contributed by atoms with van der Waals surface area (Å²) < 4.78 is 0.820. The first-order valence-electron chi connectivity index (χ1n) is 6.70. The van der Waals surface area contributed by atoms with Crippen molar-refractivity contribution in [1.82, 2.24) is 9.97 Å². The summed E-state index contributed by atoms with van der Waals surface area (Å²) in [7, 11) is 0. The van der Waals surface area contributed by atoms with E-state index < -0.39 is 0 Å². The number of rotatable bonds is 4. The number of para-hydroxylation sites is 1. The van der Waals surface area contributed by atoms with Crippen LogP contribution >= 0.6 is 39.0 Å². The highest BCUT2D eigenvalue weighted by molar-refractivity contribution is 9.10. The SMILES string of the molecule is Cc1cc2c(=O)[nH]c(SCC(=O)Nc3ccccc3Br)nc2s1. The molecule has 1 amide bonds. The number of anilines is 1. The predicted molar refractivity (Wildman–Crippen MR) is 98.5 cm³/mol. The molecular formula is C15H12BrN3O2S2. The van der Waals surface area contributed by atoms with E-state index >= 15 is 0 Å². The number of aromatic nitrogens is 2. The third kappa shape index (κ3) is 3.82. The number of thioether (sulfide) groups is 1. The van der Waals surface area contributed by atoms with Gasteiger partial charge in [-0.3, -0.25) is 9.59 Å². The molecule has 1 aromatic carbocycles. The van der Waals surface area contributed by atoms with Gasteiger partial charge in [0, 0.05) is 9.35 Å². The minimum Gasteiger partial charge on any atom is -0.324 e. The summed E-state index contributed by atoms with van der Waals surface area (Å²) in [6.07, 6.45) is 0. The van der Waals surface area contributed by atoms with Crippen LogP contribution in [0.5, 0.6) is 0 Å². The number of hydrogen-bond acceptors (Lipinski definition) is 5. The number of amides is 1. The fraction of sp³-hybridized carbons (Fsp3) is 0.133. The number of H-pyrrole nitrogens is 1. The van der Waals surface area contributed by atoms with Gasteiger partial charge in [0.2, 0.25) is 5.91 Å². The summed E-state index contributed by atoms with van der Waals surface area (Å²) in [4.78, 5) is 32.8. The summed E-state index contributed by atoms with van der Waals surface area (Å²) in [5.41, 5.74) is 0.539. The summed E-state index contributed by atoms with van der Waals surface area (Å²) in [6.45, 7) is 1.93. The van der Waals surface area contributed by atoms with E-state index in [1.165, 1.54) is 23.1 Å². The molecule has 23 heavy (non-hydrogen) atoms. The normalized spacial score (nSPS) is 10.9. The first-order chi connectivity index (χ1) is 11.0. The molecule has 0 fully saturated rings. The zero-order valence-corrected chi connectivity index (χ0v) is 15.3. The van der Waals surface area contributed by atoms with E-state index in [0.29, 0.717) is 21.1 Å². The Labute approximate surface area is 148 Å². The summed E-state index contributed by atoms with van der Waals surface area (Å²) in [6, 6.07) is 9.21. The number of hydrogen-bond donors (Lipinski definition) is 2. The maximum atomic E-state index is 12.0. The van der Waals surface area contributed by atoms with E-state index in [2.05, 4.69) is 31.2 Å². The Kier molecular flexibility index (Phi) is 4.84. The molecule has 0 aliphatic heterocycles. The van der Waals surface area contributed by atoms with Crippen molar-refractivity contribution in [2.24, 2.45) is 0 Å². The average Bonchev–Trinajstić information content (AvgIpc) is 2.89. The molecule has 0 spiro atoms. The van der Waals surface area contributed by atoms with Gasteiger partial charge >= 0.3 is 0 Å². The van der Waals surface area contributed by atoms with Crippen LogP contribution in [0.25, 0.3) is 10.2 Å². The minimum atomic E-state index is -0.173. The largest absolute Gasteiger partial charge is 0.324 e. The third-order valence-corrected chi connectivity index (χ3v) is 5.50. The Balaban J connectivity index is 1.69. The van der Waals surface area contributed by atoms with Crippen LogP contribution in [0, 0.1) is 6.92 Å². The van der Waals surface area contributed by atoms with Crippen molar-refractivity contribution >= 4 is 60.8 Å². The van der Waals surface area contributed by atoms with Crippen LogP contribution in [0.2, 0.25) is 0 Å². The van der Waals surface area contributed by atoms with E-state index in [0.717, 1.165) is 9.35 Å². The van der Waals surface area contributed by atoms with Gasteiger partial charge in [-0.1, -0.05) is 23.9 Å². The van der Waals surface area contributed by atoms with Crippen molar-refractivity contribution in [3.63, 3.8) is 0 Å². The molecule has 118 valence electrons. The zero-order valence-electron chi connectivity index (χ0n) is 12.1. The molecule has 0 atom stereocenters. The Bertz CT molecular complexity index is 936. The summed E-state index contributed by atoms with van der Waals surface area (Å²) >= 11 is 6.05. The molecule has 0 saturated carbocycles. The van der Waals surface area contributed by atoms with Crippen LogP contribution in [0.3, 0.4) is 0 Å². The van der Waals surface area contributed by atoms with Gasteiger partial charge in [-0.15, -0.1) is 11.3 Å². The molecular weight excluding hydrogens is 398 g/mol. The van der Waals surface area contributed by atoms with Gasteiger partial charge in [0.25, 0.3) is 5.56 Å². The van der Waals surface area contributed by atoms with Gasteiger partial charge in [-0.2, -0.15) is 0 Å². The van der Waals surface area contributed by atoms with Gasteiger partial charge in [0.15, 0.2) is 5.16 Å². The Morgan fingerprint density at radius 2 is 2.22 bits per heavy atom. The van der Waals surface area contributed by atoms with Gasteiger partial charge in [0.1, 0.15) is 4.83 Å². The average molecular weight is 410 g/mol. The van der Waals surface area contributed by atoms with Crippen molar-refractivity contribution in [1.29, 1.82) is 0 Å². The highest BCUT2D eigenvalue weighted by Crippen LogP contribution is 2.24. The number of aromatic amines is 1. The smallest absolute Gasteiger partial charge is 0.260 e. The number of thiophene rings is 1. The van der Waals surface area contributed by atoms with Gasteiger partial charge < -0.3 is 10.3 Å². The number of carbonyl (C=O) groups is 1. The van der Waals surface area contributed by atoms with Crippen LogP contribution in [-0.2, 0) is 4.79 Å². The highest BCUT2D eigenvalue weighted by Gasteiger charge is 2.10. The second-order valence-electron chi connectivity index (χ2n) is 4.76. The van der Waals surface area contributed by atoms with E-state index in [1.54, 1.807) is 0 Å². The van der Waals surface area contributed by atoms with Crippen LogP contribution < -0.4 is 10.9 Å². The number of halogens is 1. The molecule has 0 radical (unpaired) electrons. The van der Waals surface area contributed by atoms with Gasteiger partial charge in [-0.05, 0) is 41.1 Å². The van der Waals surface area contributed by atoms with Crippen molar-refractivity contribution in [3.8, 4) is 0 Å². The van der Waals surface area contributed by atoms with E-state index in [1.807, 2.05) is 37.3 Å². The van der Waals surface area contributed by atoms with Crippen molar-refractivity contribution in [3.05, 3.63) is 50.0 Å². The van der Waals surface area contributed by atoms with E-state index in [9.17, 15) is 9.59 Å². The Morgan fingerprint density at radius 3 is 3.00 bits per heavy atom. The van der Waals surface area contributed by atoms with Crippen molar-refractivity contribution in [2.75, 3.05) is 11.1 Å². The summed E-state index contributed by atoms with van der Waals surface area (Å²) in [5.74, 6) is 0.00662. The fourth-order valence-corrected chi connectivity index (χ4v) is 3.97. The van der Waals surface area contributed by atoms with Gasteiger partial charge in [0.05, 0.1) is 16.8 Å².